The van der Waals surface area contributed by atoms with Crippen LogP contribution in [0.15, 0.2) is 59.1 Å². The number of para-hydroxylation sites is 1. The van der Waals surface area contributed by atoms with Crippen LogP contribution in [-0.2, 0) is 11.3 Å². The molecule has 2 aromatic carbocycles. The quantitative estimate of drug-likeness (QED) is 0.711. The largest absolute Gasteiger partial charge is 0.454 e. The topological polar surface area (TPSA) is 64.4 Å². The number of nitrogens with zero attached hydrogens (tertiary/aromatic N) is 1. The number of carbonyl (C=O) groups is 1. The van der Waals surface area contributed by atoms with Crippen LogP contribution >= 0.6 is 0 Å². The van der Waals surface area contributed by atoms with Gasteiger partial charge >= 0.3 is 5.97 Å². The summed E-state index contributed by atoms with van der Waals surface area (Å²) in [6.45, 7) is 1.79. The van der Waals surface area contributed by atoms with Crippen molar-refractivity contribution in [3.8, 4) is 0 Å². The second-order valence-corrected chi connectivity index (χ2v) is 5.19. The molecule has 0 amide bonds. The third kappa shape index (κ3) is 3.78. The molecule has 1 aromatic heterocycles. The third-order valence-corrected chi connectivity index (χ3v) is 3.29. The number of hydrogen-bond donors (Lipinski definition) is 1. The van der Waals surface area contributed by atoms with Crippen molar-refractivity contribution in [3.63, 3.8) is 0 Å². The Morgan fingerprint density at radius 2 is 1.96 bits per heavy atom. The predicted octanol–water partition coefficient (Wildman–Crippen LogP) is 4.22. The lowest BCUT2D eigenvalue weighted by Gasteiger charge is -2.11. The number of benzene rings is 2. The molecular weight excluding hydrogens is 311 g/mol. The highest BCUT2D eigenvalue weighted by Gasteiger charge is 2.14. The SMILES string of the molecule is Cc1cc(COC(=O)c2ccccc2Nc2ccc(F)cc2)on1. The van der Waals surface area contributed by atoms with Crippen LogP contribution in [0.2, 0.25) is 0 Å². The Morgan fingerprint density at radius 3 is 2.67 bits per heavy atom. The Morgan fingerprint density at radius 1 is 1.21 bits per heavy atom. The Balaban J connectivity index is 1.73. The molecule has 5 nitrogen and oxygen atoms in total. The van der Waals surface area contributed by atoms with E-state index in [9.17, 15) is 9.18 Å². The fourth-order valence-corrected chi connectivity index (χ4v) is 2.16. The number of aryl methyl sites for hydroxylation is 1. The van der Waals surface area contributed by atoms with Crippen LogP contribution in [0, 0.1) is 12.7 Å². The van der Waals surface area contributed by atoms with Gasteiger partial charge in [-0.1, -0.05) is 17.3 Å². The highest BCUT2D eigenvalue weighted by molar-refractivity contribution is 5.96. The molecule has 1 N–H and O–H groups in total. The van der Waals surface area contributed by atoms with Crippen LogP contribution in [0.4, 0.5) is 15.8 Å². The number of nitrogens with one attached hydrogen (secondary N) is 1. The first-order chi connectivity index (χ1) is 11.6. The molecule has 0 bridgehead atoms. The maximum absolute atomic E-state index is 13.0. The first kappa shape index (κ1) is 15.7. The number of halogens is 1. The van der Waals surface area contributed by atoms with Crippen molar-refractivity contribution in [3.05, 3.63) is 77.4 Å². The van der Waals surface area contributed by atoms with Crippen molar-refractivity contribution in [1.82, 2.24) is 5.16 Å². The van der Waals surface area contributed by atoms with Crippen molar-refractivity contribution in [2.45, 2.75) is 13.5 Å². The minimum Gasteiger partial charge on any atom is -0.454 e. The number of carbonyl (C=O) groups excluding carboxylic acids is 1. The van der Waals surface area contributed by atoms with Gasteiger partial charge in [0.25, 0.3) is 0 Å². The van der Waals surface area contributed by atoms with Gasteiger partial charge in [0.1, 0.15) is 5.82 Å². The average Bonchev–Trinajstić information content (AvgIpc) is 3.01. The third-order valence-electron chi connectivity index (χ3n) is 3.29. The maximum atomic E-state index is 13.0. The molecule has 0 aliphatic rings. The second-order valence-electron chi connectivity index (χ2n) is 5.19. The molecule has 0 fully saturated rings. The van der Waals surface area contributed by atoms with Crippen molar-refractivity contribution >= 4 is 17.3 Å². The normalized spacial score (nSPS) is 10.4. The summed E-state index contributed by atoms with van der Waals surface area (Å²) in [5.41, 5.74) is 2.34. The number of aromatic nitrogens is 1. The summed E-state index contributed by atoms with van der Waals surface area (Å²) in [6, 6.07) is 14.5. The zero-order chi connectivity index (χ0) is 16.9. The van der Waals surface area contributed by atoms with Crippen LogP contribution in [0.1, 0.15) is 21.8 Å². The van der Waals surface area contributed by atoms with Gasteiger partial charge in [0, 0.05) is 11.8 Å². The zero-order valence-corrected chi connectivity index (χ0v) is 13.0. The van der Waals surface area contributed by atoms with E-state index in [1.165, 1.54) is 12.1 Å². The molecule has 0 unspecified atom stereocenters. The first-order valence-electron chi connectivity index (χ1n) is 7.33. The fourth-order valence-electron chi connectivity index (χ4n) is 2.16. The molecule has 0 aliphatic heterocycles. The van der Waals surface area contributed by atoms with Gasteiger partial charge in [0.05, 0.1) is 16.9 Å². The number of rotatable bonds is 5. The molecule has 24 heavy (non-hydrogen) atoms. The van der Waals surface area contributed by atoms with Crippen LogP contribution in [0.3, 0.4) is 0 Å². The zero-order valence-electron chi connectivity index (χ0n) is 13.0. The monoisotopic (exact) mass is 326 g/mol. The minimum absolute atomic E-state index is 0.00452. The number of anilines is 2. The fraction of sp³-hybridized carbons (Fsp3) is 0.111. The minimum atomic E-state index is -0.491. The van der Waals surface area contributed by atoms with E-state index in [0.29, 0.717) is 22.7 Å². The van der Waals surface area contributed by atoms with Gasteiger partial charge in [-0.15, -0.1) is 0 Å². The molecule has 1 heterocycles. The Hall–Kier alpha value is -3.15. The molecule has 6 heteroatoms. The number of hydrogen-bond acceptors (Lipinski definition) is 5. The van der Waals surface area contributed by atoms with Crippen molar-refractivity contribution in [2.24, 2.45) is 0 Å². The highest BCUT2D eigenvalue weighted by atomic mass is 19.1. The van der Waals surface area contributed by atoms with E-state index in [1.54, 1.807) is 49.4 Å². The van der Waals surface area contributed by atoms with Crippen molar-refractivity contribution in [2.75, 3.05) is 5.32 Å². The smallest absolute Gasteiger partial charge is 0.340 e. The van der Waals surface area contributed by atoms with E-state index in [2.05, 4.69) is 10.5 Å². The van der Waals surface area contributed by atoms with E-state index < -0.39 is 5.97 Å². The van der Waals surface area contributed by atoms with E-state index in [1.807, 2.05) is 0 Å². The van der Waals surface area contributed by atoms with Gasteiger partial charge in [-0.2, -0.15) is 0 Å². The summed E-state index contributed by atoms with van der Waals surface area (Å²) in [6.07, 6.45) is 0. The van der Waals surface area contributed by atoms with Gasteiger partial charge in [-0.05, 0) is 43.3 Å². The molecule has 0 radical (unpaired) electrons. The van der Waals surface area contributed by atoms with Crippen molar-refractivity contribution in [1.29, 1.82) is 0 Å². The van der Waals surface area contributed by atoms with E-state index >= 15 is 0 Å². The van der Waals surface area contributed by atoms with E-state index in [4.69, 9.17) is 9.26 Å². The molecule has 3 aromatic rings. The maximum Gasteiger partial charge on any atom is 0.340 e. The van der Waals surface area contributed by atoms with Gasteiger partial charge in [0.2, 0.25) is 0 Å². The summed E-state index contributed by atoms with van der Waals surface area (Å²) in [7, 11) is 0. The van der Waals surface area contributed by atoms with Crippen LogP contribution in [-0.4, -0.2) is 11.1 Å². The molecular formula is C18H15FN2O3. The lowest BCUT2D eigenvalue weighted by atomic mass is 10.1. The lowest BCUT2D eigenvalue weighted by Crippen LogP contribution is -2.08. The number of esters is 1. The second kappa shape index (κ2) is 6.95. The molecule has 0 aliphatic carbocycles. The molecule has 0 spiro atoms. The Bertz CT molecular complexity index is 843. The van der Waals surface area contributed by atoms with E-state index in [0.717, 1.165) is 5.69 Å². The predicted molar refractivity (Wildman–Crippen MR) is 86.5 cm³/mol. The Labute approximate surface area is 138 Å². The van der Waals surface area contributed by atoms with Crippen LogP contribution in [0.5, 0.6) is 0 Å². The van der Waals surface area contributed by atoms with Gasteiger partial charge in [0.15, 0.2) is 12.4 Å². The van der Waals surface area contributed by atoms with Crippen molar-refractivity contribution < 1.29 is 18.4 Å². The summed E-state index contributed by atoms with van der Waals surface area (Å²) < 4.78 is 23.2. The highest BCUT2D eigenvalue weighted by Crippen LogP contribution is 2.22. The number of ether oxygens (including phenoxy) is 1. The van der Waals surface area contributed by atoms with E-state index in [-0.39, 0.29) is 12.4 Å². The molecule has 122 valence electrons. The molecule has 0 saturated heterocycles. The average molecular weight is 326 g/mol. The summed E-state index contributed by atoms with van der Waals surface area (Å²) >= 11 is 0. The molecule has 0 saturated carbocycles. The Kier molecular flexibility index (Phi) is 4.56. The summed E-state index contributed by atoms with van der Waals surface area (Å²) in [5, 5.41) is 6.82. The lowest BCUT2D eigenvalue weighted by molar-refractivity contribution is 0.0438. The van der Waals surface area contributed by atoms with Gasteiger partial charge in [-0.3, -0.25) is 0 Å². The van der Waals surface area contributed by atoms with Gasteiger partial charge in [-0.25, -0.2) is 9.18 Å². The summed E-state index contributed by atoms with van der Waals surface area (Å²) in [4.78, 5) is 12.3. The first-order valence-corrected chi connectivity index (χ1v) is 7.33. The standard InChI is InChI=1S/C18H15FN2O3/c1-12-10-15(24-21-12)11-23-18(22)16-4-2-3-5-17(16)20-14-8-6-13(19)7-9-14/h2-10,20H,11H2,1H3. The van der Waals surface area contributed by atoms with Crippen LogP contribution < -0.4 is 5.32 Å². The summed E-state index contributed by atoms with van der Waals surface area (Å²) in [5.74, 6) is -0.338. The molecule has 3 rings (SSSR count). The molecule has 0 atom stereocenters. The van der Waals surface area contributed by atoms with Crippen LogP contribution in [0.25, 0.3) is 0 Å². The van der Waals surface area contributed by atoms with Gasteiger partial charge < -0.3 is 14.6 Å².